The van der Waals surface area contributed by atoms with Gasteiger partial charge in [-0.25, -0.2) is 4.98 Å². The minimum Gasteiger partial charge on any atom is -0.360 e. The Morgan fingerprint density at radius 2 is 1.92 bits per heavy atom. The lowest BCUT2D eigenvalue weighted by Gasteiger charge is -2.07. The summed E-state index contributed by atoms with van der Waals surface area (Å²) >= 11 is 12.2. The molecule has 0 spiro atoms. The van der Waals surface area contributed by atoms with Crippen molar-refractivity contribution in [2.75, 3.05) is 5.32 Å². The quantitative estimate of drug-likeness (QED) is 0.657. The summed E-state index contributed by atoms with van der Waals surface area (Å²) in [5.41, 5.74) is 1.12. The topological polar surface area (TPSA) is 68.0 Å². The summed E-state index contributed by atoms with van der Waals surface area (Å²) in [6.07, 6.45) is 1.78. The molecular weight excluding hydrogens is 349 g/mol. The molecule has 0 unspecified atom stereocenters. The number of nitrogens with one attached hydrogen (secondary N) is 1. The molecule has 7 heteroatoms. The molecule has 0 aliphatic heterocycles. The Bertz CT molecular complexity index is 873. The minimum absolute atomic E-state index is 0.153. The summed E-state index contributed by atoms with van der Waals surface area (Å²) in [5.74, 6) is 1.66. The average molecular weight is 362 g/mol. The summed E-state index contributed by atoms with van der Waals surface area (Å²) in [6.45, 7) is 1.80. The van der Waals surface area contributed by atoms with Crippen LogP contribution in [0.15, 0.2) is 47.1 Å². The van der Waals surface area contributed by atoms with E-state index in [1.807, 2.05) is 0 Å². The van der Waals surface area contributed by atoms with Gasteiger partial charge in [0.25, 0.3) is 0 Å². The number of pyridine rings is 1. The molecule has 3 aromatic rings. The van der Waals surface area contributed by atoms with Crippen LogP contribution < -0.4 is 5.32 Å². The maximum atomic E-state index is 12.5. The zero-order chi connectivity index (χ0) is 17.1. The summed E-state index contributed by atoms with van der Waals surface area (Å²) in [7, 11) is 0. The van der Waals surface area contributed by atoms with Crippen molar-refractivity contribution in [2.45, 2.75) is 13.3 Å². The fourth-order valence-electron chi connectivity index (χ4n) is 2.25. The molecule has 0 aliphatic carbocycles. The standard InChI is InChI=1S/C17H13Cl2N3O2/c1-10-7-16(22-24-10)21-15-9-11(5-6-20-15)8-14(23)17-12(18)3-2-4-13(17)19/h2-7,9H,8H2,1H3,(H,20,21,22). The molecule has 0 atom stereocenters. The third-order valence-corrected chi connectivity index (χ3v) is 3.94. The minimum atomic E-state index is -0.153. The number of aromatic nitrogens is 2. The first-order valence-electron chi connectivity index (χ1n) is 7.15. The van der Waals surface area contributed by atoms with Gasteiger partial charge in [0.05, 0.1) is 15.6 Å². The van der Waals surface area contributed by atoms with E-state index < -0.39 is 0 Å². The molecule has 3 rings (SSSR count). The first kappa shape index (κ1) is 16.5. The lowest BCUT2D eigenvalue weighted by molar-refractivity contribution is 0.0993. The first-order valence-corrected chi connectivity index (χ1v) is 7.91. The van der Waals surface area contributed by atoms with Crippen LogP contribution in [0, 0.1) is 6.92 Å². The second-order valence-electron chi connectivity index (χ2n) is 5.19. The van der Waals surface area contributed by atoms with Crippen molar-refractivity contribution in [2.24, 2.45) is 0 Å². The summed E-state index contributed by atoms with van der Waals surface area (Å²) in [4.78, 5) is 16.7. The van der Waals surface area contributed by atoms with Gasteiger partial charge < -0.3 is 9.84 Å². The zero-order valence-corrected chi connectivity index (χ0v) is 14.2. The number of halogens is 2. The number of benzene rings is 1. The van der Waals surface area contributed by atoms with Gasteiger partial charge in [0.2, 0.25) is 0 Å². The Labute approximate surface area is 148 Å². The SMILES string of the molecule is Cc1cc(Nc2cc(CC(=O)c3c(Cl)cccc3Cl)ccn2)no1. The summed E-state index contributed by atoms with van der Waals surface area (Å²) in [6, 6.07) is 10.3. The van der Waals surface area contributed by atoms with Gasteiger partial charge >= 0.3 is 0 Å². The van der Waals surface area contributed by atoms with E-state index in [1.54, 1.807) is 49.5 Å². The number of aryl methyl sites for hydroxylation is 1. The fourth-order valence-corrected chi connectivity index (χ4v) is 2.86. The molecule has 5 nitrogen and oxygen atoms in total. The number of carbonyl (C=O) groups is 1. The Kier molecular flexibility index (Phi) is 4.83. The van der Waals surface area contributed by atoms with Crippen LogP contribution in [0.2, 0.25) is 10.0 Å². The maximum absolute atomic E-state index is 12.5. The molecule has 0 radical (unpaired) electrons. The fraction of sp³-hybridized carbons (Fsp3) is 0.118. The molecule has 0 saturated carbocycles. The molecule has 2 heterocycles. The highest BCUT2D eigenvalue weighted by molar-refractivity contribution is 6.39. The number of nitrogens with zero attached hydrogens (tertiary/aromatic N) is 2. The van der Waals surface area contributed by atoms with E-state index in [2.05, 4.69) is 15.5 Å². The van der Waals surface area contributed by atoms with E-state index in [0.717, 1.165) is 5.56 Å². The molecule has 1 aromatic carbocycles. The molecule has 0 aliphatic rings. The van der Waals surface area contributed by atoms with Crippen molar-refractivity contribution in [3.8, 4) is 0 Å². The molecule has 24 heavy (non-hydrogen) atoms. The summed E-state index contributed by atoms with van der Waals surface area (Å²) < 4.78 is 4.99. The van der Waals surface area contributed by atoms with Gasteiger partial charge in [0.15, 0.2) is 11.6 Å². The number of hydrogen-bond acceptors (Lipinski definition) is 5. The number of hydrogen-bond donors (Lipinski definition) is 1. The van der Waals surface area contributed by atoms with Crippen LogP contribution in [0.4, 0.5) is 11.6 Å². The Morgan fingerprint density at radius 3 is 2.58 bits per heavy atom. The van der Waals surface area contributed by atoms with E-state index in [1.165, 1.54) is 0 Å². The summed E-state index contributed by atoms with van der Waals surface area (Å²) in [5, 5.41) is 7.56. The first-order chi connectivity index (χ1) is 11.5. The molecule has 0 bridgehead atoms. The Hall–Kier alpha value is -2.37. The van der Waals surface area contributed by atoms with Crippen LogP contribution in [0.3, 0.4) is 0 Å². The molecular formula is C17H13Cl2N3O2. The van der Waals surface area contributed by atoms with Crippen molar-refractivity contribution >= 4 is 40.6 Å². The zero-order valence-electron chi connectivity index (χ0n) is 12.7. The van der Waals surface area contributed by atoms with E-state index >= 15 is 0 Å². The van der Waals surface area contributed by atoms with Gasteiger partial charge in [-0.3, -0.25) is 4.79 Å². The number of anilines is 2. The molecule has 0 amide bonds. The second-order valence-corrected chi connectivity index (χ2v) is 6.01. The maximum Gasteiger partial charge on any atom is 0.175 e. The van der Waals surface area contributed by atoms with Gasteiger partial charge in [-0.1, -0.05) is 34.4 Å². The van der Waals surface area contributed by atoms with E-state index in [9.17, 15) is 4.79 Å². The number of rotatable bonds is 5. The van der Waals surface area contributed by atoms with Crippen LogP contribution in [0.1, 0.15) is 21.7 Å². The van der Waals surface area contributed by atoms with Crippen molar-refractivity contribution in [3.05, 3.63) is 69.5 Å². The largest absolute Gasteiger partial charge is 0.360 e. The normalized spacial score (nSPS) is 10.6. The highest BCUT2D eigenvalue weighted by Gasteiger charge is 2.15. The smallest absolute Gasteiger partial charge is 0.175 e. The van der Waals surface area contributed by atoms with E-state index in [0.29, 0.717) is 33.0 Å². The van der Waals surface area contributed by atoms with Crippen LogP contribution in [0.25, 0.3) is 0 Å². The van der Waals surface area contributed by atoms with Crippen molar-refractivity contribution in [1.29, 1.82) is 0 Å². The van der Waals surface area contributed by atoms with Gasteiger partial charge in [-0.2, -0.15) is 0 Å². The van der Waals surface area contributed by atoms with Crippen LogP contribution >= 0.6 is 23.2 Å². The lowest BCUT2D eigenvalue weighted by Crippen LogP contribution is -2.06. The van der Waals surface area contributed by atoms with E-state index in [-0.39, 0.29) is 12.2 Å². The second kappa shape index (κ2) is 7.03. The average Bonchev–Trinajstić information content (AvgIpc) is 2.92. The monoisotopic (exact) mass is 361 g/mol. The highest BCUT2D eigenvalue weighted by atomic mass is 35.5. The predicted octanol–water partition coefficient (Wildman–Crippen LogP) is 4.85. The van der Waals surface area contributed by atoms with Crippen molar-refractivity contribution in [3.63, 3.8) is 0 Å². The van der Waals surface area contributed by atoms with Crippen molar-refractivity contribution < 1.29 is 9.32 Å². The third-order valence-electron chi connectivity index (χ3n) is 3.31. The molecule has 0 fully saturated rings. The molecule has 1 N–H and O–H groups in total. The number of Topliss-reactive ketones (excluding diaryl/α,β-unsaturated/α-hetero) is 1. The molecule has 122 valence electrons. The lowest BCUT2D eigenvalue weighted by atomic mass is 10.0. The van der Waals surface area contributed by atoms with Crippen LogP contribution in [0.5, 0.6) is 0 Å². The highest BCUT2D eigenvalue weighted by Crippen LogP contribution is 2.26. The molecule has 2 aromatic heterocycles. The van der Waals surface area contributed by atoms with Crippen molar-refractivity contribution in [1.82, 2.24) is 10.1 Å². The van der Waals surface area contributed by atoms with Gasteiger partial charge in [0.1, 0.15) is 11.6 Å². The van der Waals surface area contributed by atoms with Gasteiger partial charge in [-0.15, -0.1) is 0 Å². The van der Waals surface area contributed by atoms with Gasteiger partial charge in [0, 0.05) is 18.7 Å². The Morgan fingerprint density at radius 1 is 1.17 bits per heavy atom. The predicted molar refractivity (Wildman–Crippen MR) is 93.3 cm³/mol. The number of carbonyl (C=O) groups excluding carboxylic acids is 1. The van der Waals surface area contributed by atoms with E-state index in [4.69, 9.17) is 27.7 Å². The van der Waals surface area contributed by atoms with Gasteiger partial charge in [-0.05, 0) is 36.8 Å². The van der Waals surface area contributed by atoms with Crippen LogP contribution in [-0.4, -0.2) is 15.9 Å². The number of ketones is 1. The Balaban J connectivity index is 1.78. The van der Waals surface area contributed by atoms with Crippen LogP contribution in [-0.2, 0) is 6.42 Å². The third kappa shape index (κ3) is 3.75. The molecule has 0 saturated heterocycles.